The van der Waals surface area contributed by atoms with Gasteiger partial charge in [-0.05, 0) is 19.4 Å². The third kappa shape index (κ3) is 1.87. The van der Waals surface area contributed by atoms with Gasteiger partial charge < -0.3 is 9.64 Å². The Morgan fingerprint density at radius 1 is 1.56 bits per heavy atom. The average Bonchev–Trinajstić information content (AvgIpc) is 2.22. The first-order valence-corrected chi connectivity index (χ1v) is 5.61. The van der Waals surface area contributed by atoms with Crippen molar-refractivity contribution in [3.63, 3.8) is 0 Å². The molecule has 16 heavy (non-hydrogen) atoms. The molecular weight excluding hydrogens is 224 g/mol. The second kappa shape index (κ2) is 4.34. The van der Waals surface area contributed by atoms with E-state index in [0.717, 1.165) is 35.5 Å². The van der Waals surface area contributed by atoms with Crippen LogP contribution in [-0.2, 0) is 4.74 Å². The van der Waals surface area contributed by atoms with E-state index >= 15 is 0 Å². The second-order valence-electron chi connectivity index (χ2n) is 4.00. The van der Waals surface area contributed by atoms with Gasteiger partial charge in [0.2, 0.25) is 0 Å². The summed E-state index contributed by atoms with van der Waals surface area (Å²) in [7, 11) is 3.72. The number of halogens is 1. The van der Waals surface area contributed by atoms with Gasteiger partial charge >= 0.3 is 0 Å². The predicted molar refractivity (Wildman–Crippen MR) is 66.9 cm³/mol. The standard InChI is InChI=1S/C12H15ClN2O/c1-8-6-10-11(12(13)14-8)9(7-16-3)4-5-15(10)2/h6-7H,4-5H2,1-3H3/b9-7+. The van der Waals surface area contributed by atoms with Crippen LogP contribution in [0.2, 0.25) is 5.15 Å². The topological polar surface area (TPSA) is 25.4 Å². The lowest BCUT2D eigenvalue weighted by atomic mass is 9.98. The van der Waals surface area contributed by atoms with E-state index in [4.69, 9.17) is 16.3 Å². The Labute approximate surface area is 101 Å². The summed E-state index contributed by atoms with van der Waals surface area (Å²) >= 11 is 6.21. The van der Waals surface area contributed by atoms with Crippen LogP contribution in [0.25, 0.3) is 5.57 Å². The minimum Gasteiger partial charge on any atom is -0.504 e. The van der Waals surface area contributed by atoms with Gasteiger partial charge in [-0.25, -0.2) is 4.98 Å². The number of pyridine rings is 1. The molecule has 4 heteroatoms. The van der Waals surface area contributed by atoms with Crippen LogP contribution in [0, 0.1) is 6.92 Å². The summed E-state index contributed by atoms with van der Waals surface area (Å²) in [6, 6.07) is 2.06. The van der Waals surface area contributed by atoms with Gasteiger partial charge in [-0.1, -0.05) is 11.6 Å². The fraction of sp³-hybridized carbons (Fsp3) is 0.417. The highest BCUT2D eigenvalue weighted by Crippen LogP contribution is 2.38. The van der Waals surface area contributed by atoms with E-state index in [0.29, 0.717) is 5.15 Å². The van der Waals surface area contributed by atoms with E-state index in [2.05, 4.69) is 23.0 Å². The Kier molecular flexibility index (Phi) is 3.06. The number of fused-ring (bicyclic) bond motifs is 1. The summed E-state index contributed by atoms with van der Waals surface area (Å²) in [6.45, 7) is 2.93. The molecular formula is C12H15ClN2O. The van der Waals surface area contributed by atoms with Gasteiger partial charge in [0.25, 0.3) is 0 Å². The van der Waals surface area contributed by atoms with Crippen molar-refractivity contribution < 1.29 is 4.74 Å². The first kappa shape index (κ1) is 11.3. The Hall–Kier alpha value is -1.22. The number of hydrogen-bond donors (Lipinski definition) is 0. The quantitative estimate of drug-likeness (QED) is 0.556. The molecule has 2 rings (SSSR count). The molecule has 1 aromatic rings. The zero-order valence-corrected chi connectivity index (χ0v) is 10.5. The monoisotopic (exact) mass is 238 g/mol. The van der Waals surface area contributed by atoms with Gasteiger partial charge in [-0.15, -0.1) is 0 Å². The summed E-state index contributed by atoms with van der Waals surface area (Å²) in [5.74, 6) is 0. The summed E-state index contributed by atoms with van der Waals surface area (Å²) < 4.78 is 5.09. The van der Waals surface area contributed by atoms with Crippen LogP contribution >= 0.6 is 11.6 Å². The molecule has 0 atom stereocenters. The van der Waals surface area contributed by atoms with Crippen molar-refractivity contribution in [3.05, 3.63) is 28.7 Å². The van der Waals surface area contributed by atoms with E-state index in [1.807, 2.05) is 6.92 Å². The molecule has 0 fully saturated rings. The van der Waals surface area contributed by atoms with E-state index in [-0.39, 0.29) is 0 Å². The third-order valence-corrected chi connectivity index (χ3v) is 3.07. The molecule has 1 aromatic heterocycles. The molecule has 86 valence electrons. The lowest BCUT2D eigenvalue weighted by Gasteiger charge is -2.29. The molecule has 0 bridgehead atoms. The van der Waals surface area contributed by atoms with Crippen molar-refractivity contribution in [2.24, 2.45) is 0 Å². The molecule has 0 unspecified atom stereocenters. The summed E-state index contributed by atoms with van der Waals surface area (Å²) in [6.07, 6.45) is 2.69. The van der Waals surface area contributed by atoms with Crippen LogP contribution in [-0.4, -0.2) is 25.7 Å². The fourth-order valence-corrected chi connectivity index (χ4v) is 2.36. The molecule has 0 saturated carbocycles. The summed E-state index contributed by atoms with van der Waals surface area (Å²) in [5, 5.41) is 0.560. The van der Waals surface area contributed by atoms with Gasteiger partial charge in [-0.2, -0.15) is 0 Å². The first-order chi connectivity index (χ1) is 7.63. The van der Waals surface area contributed by atoms with Gasteiger partial charge in [0.05, 0.1) is 13.4 Å². The minimum absolute atomic E-state index is 0.560. The van der Waals surface area contributed by atoms with Crippen LogP contribution in [0.3, 0.4) is 0 Å². The number of aryl methyl sites for hydroxylation is 1. The maximum atomic E-state index is 6.21. The average molecular weight is 239 g/mol. The van der Waals surface area contributed by atoms with Crippen molar-refractivity contribution in [2.75, 3.05) is 25.6 Å². The van der Waals surface area contributed by atoms with Crippen LogP contribution in [0.5, 0.6) is 0 Å². The first-order valence-electron chi connectivity index (χ1n) is 5.24. The van der Waals surface area contributed by atoms with Crippen LogP contribution in [0.15, 0.2) is 12.3 Å². The Morgan fingerprint density at radius 3 is 3.00 bits per heavy atom. The van der Waals surface area contributed by atoms with Crippen LogP contribution < -0.4 is 4.90 Å². The van der Waals surface area contributed by atoms with Crippen LogP contribution in [0.4, 0.5) is 5.69 Å². The third-order valence-electron chi connectivity index (χ3n) is 2.79. The van der Waals surface area contributed by atoms with E-state index < -0.39 is 0 Å². The minimum atomic E-state index is 0.560. The largest absolute Gasteiger partial charge is 0.504 e. The molecule has 0 N–H and O–H groups in total. The molecule has 0 amide bonds. The van der Waals surface area contributed by atoms with E-state index in [1.165, 1.54) is 0 Å². The highest BCUT2D eigenvalue weighted by molar-refractivity contribution is 6.31. The highest BCUT2D eigenvalue weighted by Gasteiger charge is 2.22. The van der Waals surface area contributed by atoms with Crippen molar-refractivity contribution in [1.82, 2.24) is 4.98 Å². The summed E-state index contributed by atoms with van der Waals surface area (Å²) in [4.78, 5) is 6.49. The van der Waals surface area contributed by atoms with E-state index in [1.54, 1.807) is 13.4 Å². The van der Waals surface area contributed by atoms with E-state index in [9.17, 15) is 0 Å². The Bertz CT molecular complexity index is 443. The Balaban J connectivity index is 2.61. The molecule has 1 aliphatic heterocycles. The number of methoxy groups -OCH3 is 1. The molecule has 0 saturated heterocycles. The number of nitrogens with zero attached hydrogens (tertiary/aromatic N) is 2. The maximum absolute atomic E-state index is 6.21. The number of ether oxygens (including phenoxy) is 1. The summed E-state index contributed by atoms with van der Waals surface area (Å²) in [5.41, 5.74) is 4.19. The molecule has 1 aliphatic rings. The zero-order chi connectivity index (χ0) is 11.7. The number of aromatic nitrogens is 1. The SMILES string of the molecule is CO/C=C1\CCN(C)c2cc(C)nc(Cl)c21. The number of rotatable bonds is 1. The van der Waals surface area contributed by atoms with Gasteiger partial charge in [0.15, 0.2) is 0 Å². The zero-order valence-electron chi connectivity index (χ0n) is 9.75. The predicted octanol–water partition coefficient (Wildman–Crippen LogP) is 2.87. The molecule has 0 radical (unpaired) electrons. The van der Waals surface area contributed by atoms with Crippen molar-refractivity contribution in [1.29, 1.82) is 0 Å². The van der Waals surface area contributed by atoms with Gasteiger partial charge in [-0.3, -0.25) is 0 Å². The molecule has 0 spiro atoms. The Morgan fingerprint density at radius 2 is 2.31 bits per heavy atom. The maximum Gasteiger partial charge on any atom is 0.139 e. The number of hydrogen-bond acceptors (Lipinski definition) is 3. The van der Waals surface area contributed by atoms with Crippen molar-refractivity contribution in [3.8, 4) is 0 Å². The second-order valence-corrected chi connectivity index (χ2v) is 4.36. The van der Waals surface area contributed by atoms with Crippen molar-refractivity contribution in [2.45, 2.75) is 13.3 Å². The molecule has 2 heterocycles. The normalized spacial score (nSPS) is 17.5. The fourth-order valence-electron chi connectivity index (χ4n) is 2.01. The highest BCUT2D eigenvalue weighted by atomic mass is 35.5. The lowest BCUT2D eigenvalue weighted by molar-refractivity contribution is 0.338. The molecule has 0 aliphatic carbocycles. The van der Waals surface area contributed by atoms with Gasteiger partial charge in [0.1, 0.15) is 5.15 Å². The lowest BCUT2D eigenvalue weighted by Crippen LogP contribution is -2.25. The number of anilines is 1. The molecule has 0 aromatic carbocycles. The molecule has 3 nitrogen and oxygen atoms in total. The smallest absolute Gasteiger partial charge is 0.139 e. The van der Waals surface area contributed by atoms with Crippen LogP contribution in [0.1, 0.15) is 17.7 Å². The van der Waals surface area contributed by atoms with Crippen molar-refractivity contribution >= 4 is 22.9 Å². The van der Waals surface area contributed by atoms with Gasteiger partial charge in [0, 0.05) is 36.1 Å².